The van der Waals surface area contributed by atoms with Crippen molar-refractivity contribution in [3.63, 3.8) is 0 Å². The summed E-state index contributed by atoms with van der Waals surface area (Å²) in [6.45, 7) is 2.39. The van der Waals surface area contributed by atoms with Gasteiger partial charge in [0, 0.05) is 13.0 Å². The number of hydrogen-bond acceptors (Lipinski definition) is 3. The van der Waals surface area contributed by atoms with Crippen LogP contribution in [0.5, 0.6) is 0 Å². The third kappa shape index (κ3) is 5.16. The predicted octanol–water partition coefficient (Wildman–Crippen LogP) is 4.98. The summed E-state index contributed by atoms with van der Waals surface area (Å²) >= 11 is 0. The minimum Gasteiger partial charge on any atom is -0.325 e. The third-order valence-electron chi connectivity index (χ3n) is 6.56. The van der Waals surface area contributed by atoms with Gasteiger partial charge in [-0.25, -0.2) is 0 Å². The summed E-state index contributed by atoms with van der Waals surface area (Å²) in [5.41, 5.74) is 2.67. The highest BCUT2D eigenvalue weighted by Gasteiger charge is 2.38. The smallest absolute Gasteiger partial charge is 0.241 e. The Labute approximate surface area is 185 Å². The van der Waals surface area contributed by atoms with E-state index in [1.807, 2.05) is 24.3 Å². The van der Waals surface area contributed by atoms with Gasteiger partial charge in [0.2, 0.25) is 11.8 Å². The van der Waals surface area contributed by atoms with Crippen LogP contribution in [-0.4, -0.2) is 35.3 Å². The number of hydrogen-bond donors (Lipinski definition) is 2. The first-order valence-corrected chi connectivity index (χ1v) is 11.4. The van der Waals surface area contributed by atoms with Gasteiger partial charge in [0.25, 0.3) is 0 Å². The summed E-state index contributed by atoms with van der Waals surface area (Å²) in [4.78, 5) is 27.4. The zero-order chi connectivity index (χ0) is 21.6. The molecule has 1 radical (unpaired) electrons. The number of amides is 2. The Morgan fingerprint density at radius 3 is 2.32 bits per heavy atom. The monoisotopic (exact) mass is 418 g/mol. The van der Waals surface area contributed by atoms with E-state index in [4.69, 9.17) is 0 Å². The van der Waals surface area contributed by atoms with Crippen LogP contribution in [0.1, 0.15) is 56.9 Å². The van der Waals surface area contributed by atoms with Gasteiger partial charge in [0.05, 0.1) is 17.4 Å². The highest BCUT2D eigenvalue weighted by atomic mass is 16.2. The molecule has 31 heavy (non-hydrogen) atoms. The molecule has 5 heteroatoms. The number of para-hydroxylation sites is 2. The van der Waals surface area contributed by atoms with E-state index in [9.17, 15) is 9.59 Å². The number of piperidine rings is 1. The molecule has 0 bridgehead atoms. The molecule has 1 aliphatic heterocycles. The van der Waals surface area contributed by atoms with Crippen LogP contribution in [0.25, 0.3) is 0 Å². The Hall–Kier alpha value is -2.66. The number of rotatable bonds is 5. The van der Waals surface area contributed by atoms with Gasteiger partial charge in [-0.05, 0) is 62.3 Å². The first-order chi connectivity index (χ1) is 15.1. The van der Waals surface area contributed by atoms with Crippen molar-refractivity contribution in [2.24, 2.45) is 0 Å². The molecule has 2 N–H and O–H groups in total. The largest absolute Gasteiger partial charge is 0.325 e. The Morgan fingerprint density at radius 2 is 1.58 bits per heavy atom. The molecule has 163 valence electrons. The molecule has 2 aromatic carbocycles. The molecule has 1 saturated heterocycles. The van der Waals surface area contributed by atoms with Gasteiger partial charge in [0.15, 0.2) is 0 Å². The van der Waals surface area contributed by atoms with Crippen molar-refractivity contribution in [1.82, 2.24) is 4.90 Å². The highest BCUT2D eigenvalue weighted by Crippen LogP contribution is 2.38. The number of nitrogens with one attached hydrogen (secondary N) is 2. The van der Waals surface area contributed by atoms with Gasteiger partial charge in [-0.15, -0.1) is 0 Å². The van der Waals surface area contributed by atoms with E-state index in [1.54, 1.807) is 0 Å². The summed E-state index contributed by atoms with van der Waals surface area (Å²) in [7, 11) is 0. The Morgan fingerprint density at radius 1 is 0.903 bits per heavy atom. The van der Waals surface area contributed by atoms with E-state index in [0.717, 1.165) is 25.8 Å². The van der Waals surface area contributed by atoms with Crippen LogP contribution >= 0.6 is 0 Å². The third-order valence-corrected chi connectivity index (χ3v) is 6.56. The SMILES string of the molecule is CC(=O)Nc1ccccc1NC(=O)C1C[CH]CCN1[C@@H]1CCCC[C@@H]1c1ccccc1. The lowest BCUT2D eigenvalue weighted by Gasteiger charge is -2.45. The molecule has 0 spiro atoms. The molecule has 2 fully saturated rings. The number of nitrogens with zero attached hydrogens (tertiary/aromatic N) is 1. The molecule has 1 heterocycles. The molecule has 2 aromatic rings. The minimum absolute atomic E-state index is 0.00568. The Kier molecular flexibility index (Phi) is 7.03. The minimum atomic E-state index is -0.187. The fourth-order valence-corrected chi connectivity index (χ4v) is 5.17. The second-order valence-corrected chi connectivity index (χ2v) is 8.65. The zero-order valence-corrected chi connectivity index (χ0v) is 18.2. The van der Waals surface area contributed by atoms with Crippen molar-refractivity contribution in [3.8, 4) is 0 Å². The van der Waals surface area contributed by atoms with Crippen molar-refractivity contribution in [2.45, 2.75) is 63.5 Å². The molecule has 1 saturated carbocycles. The summed E-state index contributed by atoms with van der Waals surface area (Å²) in [5, 5.41) is 5.90. The molecule has 3 atom stereocenters. The highest BCUT2D eigenvalue weighted by molar-refractivity contribution is 6.00. The van der Waals surface area contributed by atoms with Crippen molar-refractivity contribution >= 4 is 23.2 Å². The van der Waals surface area contributed by atoms with E-state index < -0.39 is 0 Å². The quantitative estimate of drug-likeness (QED) is 0.720. The lowest BCUT2D eigenvalue weighted by atomic mass is 9.78. The van der Waals surface area contributed by atoms with Crippen LogP contribution < -0.4 is 10.6 Å². The van der Waals surface area contributed by atoms with Gasteiger partial charge in [0.1, 0.15) is 0 Å². The summed E-state index contributed by atoms with van der Waals surface area (Å²) < 4.78 is 0. The van der Waals surface area contributed by atoms with Crippen LogP contribution in [0.2, 0.25) is 0 Å². The molecule has 2 amide bonds. The second-order valence-electron chi connectivity index (χ2n) is 8.65. The molecule has 0 aromatic heterocycles. The molecule has 1 aliphatic carbocycles. The summed E-state index contributed by atoms with van der Waals surface area (Å²) in [5.74, 6) is 0.323. The Balaban J connectivity index is 1.54. The van der Waals surface area contributed by atoms with E-state index in [1.165, 1.54) is 31.7 Å². The molecule has 5 nitrogen and oxygen atoms in total. The zero-order valence-electron chi connectivity index (χ0n) is 18.2. The van der Waals surface area contributed by atoms with Gasteiger partial charge >= 0.3 is 0 Å². The maximum atomic E-state index is 13.4. The molecule has 1 unspecified atom stereocenters. The van der Waals surface area contributed by atoms with Gasteiger partial charge in [-0.2, -0.15) is 0 Å². The normalized spacial score (nSPS) is 24.4. The van der Waals surface area contributed by atoms with Crippen molar-refractivity contribution in [2.75, 3.05) is 17.2 Å². The summed E-state index contributed by atoms with van der Waals surface area (Å²) in [6.07, 6.45) is 8.78. The van der Waals surface area contributed by atoms with Crippen molar-refractivity contribution in [1.29, 1.82) is 0 Å². The topological polar surface area (TPSA) is 61.4 Å². The Bertz CT molecular complexity index is 899. The standard InChI is InChI=1S/C26H32N3O2/c1-19(30)27-22-14-6-7-15-23(22)28-26(31)25-17-9-10-18-29(25)24-16-8-5-13-21(24)20-11-3-2-4-12-20/h2-4,6-7,9,11-12,14-15,21,24-25H,5,8,10,13,16-18H2,1H3,(H,27,30)(H,28,31)/t21-,24-,25?/m1/s1. The lowest BCUT2D eigenvalue weighted by molar-refractivity contribution is -0.123. The van der Waals surface area contributed by atoms with Crippen molar-refractivity contribution < 1.29 is 9.59 Å². The average molecular weight is 419 g/mol. The maximum absolute atomic E-state index is 13.4. The summed E-state index contributed by atoms with van der Waals surface area (Å²) in [6, 6.07) is 18.4. The molecule has 2 aliphatic rings. The van der Waals surface area contributed by atoms with Crippen LogP contribution in [0.15, 0.2) is 54.6 Å². The fourth-order valence-electron chi connectivity index (χ4n) is 5.17. The molecular weight excluding hydrogens is 386 g/mol. The fraction of sp³-hybridized carbons (Fsp3) is 0.423. The van der Waals surface area contributed by atoms with Crippen LogP contribution in [0.4, 0.5) is 11.4 Å². The van der Waals surface area contributed by atoms with E-state index in [-0.39, 0.29) is 17.9 Å². The van der Waals surface area contributed by atoms with E-state index >= 15 is 0 Å². The first kappa shape index (κ1) is 21.6. The number of likely N-dealkylation sites (tertiary alicyclic amines) is 1. The van der Waals surface area contributed by atoms with Crippen LogP contribution in [0, 0.1) is 6.42 Å². The van der Waals surface area contributed by atoms with Gasteiger partial charge in [-0.1, -0.05) is 55.3 Å². The number of carbonyl (C=O) groups is 2. The number of carbonyl (C=O) groups excluding carboxylic acids is 2. The van der Waals surface area contributed by atoms with Crippen molar-refractivity contribution in [3.05, 3.63) is 66.6 Å². The van der Waals surface area contributed by atoms with Crippen LogP contribution in [0.3, 0.4) is 0 Å². The van der Waals surface area contributed by atoms with Gasteiger partial charge in [-0.3, -0.25) is 14.5 Å². The first-order valence-electron chi connectivity index (χ1n) is 11.4. The maximum Gasteiger partial charge on any atom is 0.241 e. The molecule has 4 rings (SSSR count). The number of benzene rings is 2. The van der Waals surface area contributed by atoms with E-state index in [0.29, 0.717) is 23.3 Å². The predicted molar refractivity (Wildman–Crippen MR) is 125 cm³/mol. The second kappa shape index (κ2) is 10.1. The number of anilines is 2. The average Bonchev–Trinajstić information content (AvgIpc) is 2.80. The van der Waals surface area contributed by atoms with Crippen LogP contribution in [-0.2, 0) is 9.59 Å². The lowest BCUT2D eigenvalue weighted by Crippen LogP contribution is -2.54. The van der Waals surface area contributed by atoms with Gasteiger partial charge < -0.3 is 10.6 Å². The molecular formula is C26H32N3O2. The van der Waals surface area contributed by atoms with E-state index in [2.05, 4.69) is 52.3 Å².